The fourth-order valence-electron chi connectivity index (χ4n) is 2.03. The van der Waals surface area contributed by atoms with E-state index in [1.165, 1.54) is 0 Å². The Kier molecular flexibility index (Phi) is 4.22. The van der Waals surface area contributed by atoms with Gasteiger partial charge in [0.1, 0.15) is 0 Å². The molecule has 2 rings (SSSR count). The van der Waals surface area contributed by atoms with Crippen molar-refractivity contribution in [3.05, 3.63) is 33.8 Å². The maximum atomic E-state index is 6.18. The lowest BCUT2D eigenvalue weighted by Gasteiger charge is -2.38. The van der Waals surface area contributed by atoms with Crippen LogP contribution in [0.1, 0.15) is 32.4 Å². The SMILES string of the molecule is CC(C)(C)OC(c1ccc(Cl)c(Cl)c1)C1CNC1. The highest BCUT2D eigenvalue weighted by Crippen LogP contribution is 2.35. The molecule has 0 bridgehead atoms. The maximum Gasteiger partial charge on any atom is 0.0885 e. The first-order valence-corrected chi connectivity index (χ1v) is 6.96. The molecule has 1 heterocycles. The third-order valence-corrected chi connectivity index (χ3v) is 3.73. The Balaban J connectivity index is 2.24. The van der Waals surface area contributed by atoms with Crippen LogP contribution in [0.2, 0.25) is 10.0 Å². The Morgan fingerprint density at radius 3 is 2.33 bits per heavy atom. The molecule has 1 unspecified atom stereocenters. The highest BCUT2D eigenvalue weighted by atomic mass is 35.5. The van der Waals surface area contributed by atoms with Gasteiger partial charge in [-0.05, 0) is 38.5 Å². The van der Waals surface area contributed by atoms with Crippen molar-refractivity contribution < 1.29 is 4.74 Å². The van der Waals surface area contributed by atoms with Crippen LogP contribution >= 0.6 is 23.2 Å². The van der Waals surface area contributed by atoms with E-state index in [9.17, 15) is 0 Å². The Hall–Kier alpha value is -0.280. The van der Waals surface area contributed by atoms with Crippen LogP contribution in [0.4, 0.5) is 0 Å². The molecular weight excluding hydrogens is 269 g/mol. The molecule has 1 aromatic carbocycles. The van der Waals surface area contributed by atoms with Gasteiger partial charge < -0.3 is 10.1 Å². The van der Waals surface area contributed by atoms with E-state index in [-0.39, 0.29) is 11.7 Å². The zero-order valence-electron chi connectivity index (χ0n) is 11.0. The van der Waals surface area contributed by atoms with Gasteiger partial charge in [-0.3, -0.25) is 0 Å². The molecule has 2 nitrogen and oxygen atoms in total. The summed E-state index contributed by atoms with van der Waals surface area (Å²) >= 11 is 12.1. The van der Waals surface area contributed by atoms with Gasteiger partial charge in [-0.2, -0.15) is 0 Å². The van der Waals surface area contributed by atoms with Gasteiger partial charge in [-0.1, -0.05) is 29.3 Å². The third kappa shape index (κ3) is 3.39. The number of nitrogens with one attached hydrogen (secondary N) is 1. The van der Waals surface area contributed by atoms with E-state index in [1.54, 1.807) is 0 Å². The van der Waals surface area contributed by atoms with Crippen LogP contribution in [-0.2, 0) is 4.74 Å². The number of hydrogen-bond acceptors (Lipinski definition) is 2. The third-order valence-electron chi connectivity index (χ3n) is 2.99. The Bertz CT molecular complexity index is 424. The summed E-state index contributed by atoms with van der Waals surface area (Å²) in [6, 6.07) is 5.76. The lowest BCUT2D eigenvalue weighted by molar-refractivity contribution is -0.0965. The lowest BCUT2D eigenvalue weighted by Crippen LogP contribution is -2.47. The molecule has 18 heavy (non-hydrogen) atoms. The topological polar surface area (TPSA) is 21.3 Å². The van der Waals surface area contributed by atoms with Crippen molar-refractivity contribution in [2.75, 3.05) is 13.1 Å². The first-order valence-electron chi connectivity index (χ1n) is 6.20. The largest absolute Gasteiger partial charge is 0.368 e. The minimum absolute atomic E-state index is 0.0704. The second kappa shape index (κ2) is 5.38. The van der Waals surface area contributed by atoms with Gasteiger partial charge in [0.05, 0.1) is 21.8 Å². The van der Waals surface area contributed by atoms with Gasteiger partial charge in [0.2, 0.25) is 0 Å². The van der Waals surface area contributed by atoms with E-state index in [1.807, 2.05) is 18.2 Å². The molecule has 0 aromatic heterocycles. The number of halogens is 2. The molecule has 1 aliphatic heterocycles. The van der Waals surface area contributed by atoms with Gasteiger partial charge in [0, 0.05) is 19.0 Å². The predicted molar refractivity (Wildman–Crippen MR) is 76.4 cm³/mol. The molecule has 4 heteroatoms. The fourth-order valence-corrected chi connectivity index (χ4v) is 2.34. The average molecular weight is 288 g/mol. The molecule has 0 amide bonds. The zero-order valence-corrected chi connectivity index (χ0v) is 12.5. The molecule has 1 atom stereocenters. The molecule has 1 N–H and O–H groups in total. The van der Waals surface area contributed by atoms with Crippen LogP contribution in [0, 0.1) is 5.92 Å². The molecule has 100 valence electrons. The van der Waals surface area contributed by atoms with Crippen LogP contribution < -0.4 is 5.32 Å². The first kappa shape index (κ1) is 14.1. The molecule has 0 spiro atoms. The smallest absolute Gasteiger partial charge is 0.0885 e. The van der Waals surface area contributed by atoms with E-state index in [0.717, 1.165) is 18.7 Å². The van der Waals surface area contributed by atoms with Gasteiger partial charge >= 0.3 is 0 Å². The van der Waals surface area contributed by atoms with Crippen LogP contribution in [0.5, 0.6) is 0 Å². The molecule has 0 radical (unpaired) electrons. The van der Waals surface area contributed by atoms with Crippen molar-refractivity contribution in [3.8, 4) is 0 Å². The van der Waals surface area contributed by atoms with Crippen molar-refractivity contribution >= 4 is 23.2 Å². The normalized spacial score (nSPS) is 18.5. The summed E-state index contributed by atoms with van der Waals surface area (Å²) < 4.78 is 6.18. The van der Waals surface area contributed by atoms with E-state index in [4.69, 9.17) is 27.9 Å². The maximum absolute atomic E-state index is 6.18. The fraction of sp³-hybridized carbons (Fsp3) is 0.571. The molecular formula is C14H19Cl2NO. The monoisotopic (exact) mass is 287 g/mol. The van der Waals surface area contributed by atoms with Crippen LogP contribution in [0.25, 0.3) is 0 Å². The van der Waals surface area contributed by atoms with Crippen LogP contribution in [-0.4, -0.2) is 18.7 Å². The van der Waals surface area contributed by atoms with Gasteiger partial charge in [0.25, 0.3) is 0 Å². The Morgan fingerprint density at radius 1 is 1.22 bits per heavy atom. The van der Waals surface area contributed by atoms with Gasteiger partial charge in [0.15, 0.2) is 0 Å². The second-order valence-corrected chi connectivity index (χ2v) is 6.56. The summed E-state index contributed by atoms with van der Waals surface area (Å²) in [6.45, 7) is 8.19. The number of hydrogen-bond donors (Lipinski definition) is 1. The minimum atomic E-state index is -0.174. The summed E-state index contributed by atoms with van der Waals surface area (Å²) in [5.74, 6) is 0.501. The molecule has 1 fully saturated rings. The number of rotatable bonds is 3. The van der Waals surface area contributed by atoms with Crippen molar-refractivity contribution in [1.29, 1.82) is 0 Å². The van der Waals surface area contributed by atoms with Crippen LogP contribution in [0.15, 0.2) is 18.2 Å². The van der Waals surface area contributed by atoms with Crippen LogP contribution in [0.3, 0.4) is 0 Å². The number of ether oxygens (including phenoxy) is 1. The summed E-state index contributed by atoms with van der Waals surface area (Å²) in [7, 11) is 0. The van der Waals surface area contributed by atoms with E-state index >= 15 is 0 Å². The van der Waals surface area contributed by atoms with Crippen molar-refractivity contribution in [1.82, 2.24) is 5.32 Å². The van der Waals surface area contributed by atoms with Gasteiger partial charge in [-0.15, -0.1) is 0 Å². The Morgan fingerprint density at radius 2 is 1.89 bits per heavy atom. The van der Waals surface area contributed by atoms with Gasteiger partial charge in [-0.25, -0.2) is 0 Å². The number of benzene rings is 1. The van der Waals surface area contributed by atoms with Crippen molar-refractivity contribution in [2.45, 2.75) is 32.5 Å². The molecule has 0 saturated carbocycles. The molecule has 1 aliphatic rings. The molecule has 1 aromatic rings. The highest BCUT2D eigenvalue weighted by Gasteiger charge is 2.32. The van der Waals surface area contributed by atoms with E-state index < -0.39 is 0 Å². The highest BCUT2D eigenvalue weighted by molar-refractivity contribution is 6.42. The van der Waals surface area contributed by atoms with Crippen molar-refractivity contribution in [2.24, 2.45) is 5.92 Å². The average Bonchev–Trinajstić information content (AvgIpc) is 2.16. The zero-order chi connectivity index (χ0) is 13.3. The summed E-state index contributed by atoms with van der Waals surface area (Å²) in [5.41, 5.74) is 0.928. The standard InChI is InChI=1S/C14H19Cl2NO/c1-14(2,3)18-13(10-7-17-8-10)9-4-5-11(15)12(16)6-9/h4-6,10,13,17H,7-8H2,1-3H3. The first-order chi connectivity index (χ1) is 8.37. The lowest BCUT2D eigenvalue weighted by atomic mass is 9.90. The predicted octanol–water partition coefficient (Wildman–Crippen LogP) is 4.07. The van der Waals surface area contributed by atoms with E-state index in [2.05, 4.69) is 26.1 Å². The summed E-state index contributed by atoms with van der Waals surface area (Å²) in [5, 5.41) is 4.46. The molecule has 0 aliphatic carbocycles. The summed E-state index contributed by atoms with van der Waals surface area (Å²) in [4.78, 5) is 0. The van der Waals surface area contributed by atoms with E-state index in [0.29, 0.717) is 16.0 Å². The molecule has 1 saturated heterocycles. The Labute approximate surface area is 119 Å². The van der Waals surface area contributed by atoms with Crippen molar-refractivity contribution in [3.63, 3.8) is 0 Å². The minimum Gasteiger partial charge on any atom is -0.368 e. The quantitative estimate of drug-likeness (QED) is 0.905. The second-order valence-electron chi connectivity index (χ2n) is 5.74. The summed E-state index contributed by atoms with van der Waals surface area (Å²) in [6.07, 6.45) is 0.0704.